The van der Waals surface area contributed by atoms with Gasteiger partial charge < -0.3 is 25.1 Å². The number of aromatic amines is 1. The van der Waals surface area contributed by atoms with E-state index < -0.39 is 6.10 Å². The number of rotatable bonds is 7. The lowest BCUT2D eigenvalue weighted by Crippen LogP contribution is -2.38. The zero-order chi connectivity index (χ0) is 18.4. The summed E-state index contributed by atoms with van der Waals surface area (Å²) in [6.07, 6.45) is 3.77. The second-order valence-corrected chi connectivity index (χ2v) is 6.24. The van der Waals surface area contributed by atoms with E-state index in [-0.39, 0.29) is 30.5 Å². The van der Waals surface area contributed by atoms with Crippen molar-refractivity contribution >= 4 is 40.8 Å². The van der Waals surface area contributed by atoms with Crippen LogP contribution in [0.15, 0.2) is 52.2 Å². The standard InChI is InChI=1S/C20H26N4O2.HI/c1-3-21-20(24-13-17(25)18-8-5-11-26-18)22-10-9-15-12-23-19-14(2)6-4-7-16(15)19;/h4-8,11-12,17,23,25H,3,9-10,13H2,1-2H3,(H2,21,22,24);1H. The van der Waals surface area contributed by atoms with Crippen LogP contribution < -0.4 is 10.6 Å². The summed E-state index contributed by atoms with van der Waals surface area (Å²) in [4.78, 5) is 7.80. The van der Waals surface area contributed by atoms with Crippen LogP contribution in [-0.4, -0.2) is 35.7 Å². The highest BCUT2D eigenvalue weighted by molar-refractivity contribution is 14.0. The summed E-state index contributed by atoms with van der Waals surface area (Å²) in [5, 5.41) is 17.9. The molecule has 0 bridgehead atoms. The largest absolute Gasteiger partial charge is 0.467 e. The van der Waals surface area contributed by atoms with E-state index in [1.54, 1.807) is 18.4 Å². The van der Waals surface area contributed by atoms with Gasteiger partial charge in [0.05, 0.1) is 12.8 Å². The van der Waals surface area contributed by atoms with Crippen LogP contribution in [0.3, 0.4) is 0 Å². The van der Waals surface area contributed by atoms with E-state index in [0.29, 0.717) is 11.7 Å². The maximum Gasteiger partial charge on any atom is 0.191 e. The molecule has 7 heteroatoms. The van der Waals surface area contributed by atoms with Crippen LogP contribution in [-0.2, 0) is 6.42 Å². The van der Waals surface area contributed by atoms with Crippen molar-refractivity contribution in [3.05, 3.63) is 59.7 Å². The summed E-state index contributed by atoms with van der Waals surface area (Å²) < 4.78 is 5.20. The smallest absolute Gasteiger partial charge is 0.191 e. The Morgan fingerprint density at radius 1 is 1.26 bits per heavy atom. The number of hydrogen-bond acceptors (Lipinski definition) is 3. The second-order valence-electron chi connectivity index (χ2n) is 6.24. The van der Waals surface area contributed by atoms with Crippen LogP contribution in [0.4, 0.5) is 0 Å². The molecule has 0 saturated carbocycles. The molecule has 0 aliphatic rings. The maximum atomic E-state index is 10.1. The number of aryl methyl sites for hydroxylation is 1. The molecule has 0 spiro atoms. The van der Waals surface area contributed by atoms with Gasteiger partial charge in [0, 0.05) is 30.2 Å². The van der Waals surface area contributed by atoms with Crippen molar-refractivity contribution in [2.24, 2.45) is 4.99 Å². The Balaban J connectivity index is 0.00000261. The van der Waals surface area contributed by atoms with Crippen molar-refractivity contribution in [2.75, 3.05) is 19.6 Å². The number of aromatic nitrogens is 1. The summed E-state index contributed by atoms with van der Waals surface area (Å²) in [7, 11) is 0. The normalized spacial score (nSPS) is 12.6. The molecule has 3 aromatic rings. The number of aliphatic imine (C=N–C) groups is 1. The number of nitrogens with one attached hydrogen (secondary N) is 3. The monoisotopic (exact) mass is 482 g/mol. The molecule has 4 N–H and O–H groups in total. The molecule has 1 aromatic carbocycles. The number of benzene rings is 1. The minimum absolute atomic E-state index is 0. The third-order valence-electron chi connectivity index (χ3n) is 4.33. The molecule has 1 unspecified atom stereocenters. The first-order valence-electron chi connectivity index (χ1n) is 8.98. The Morgan fingerprint density at radius 3 is 2.85 bits per heavy atom. The topological polar surface area (TPSA) is 85.6 Å². The van der Waals surface area contributed by atoms with Gasteiger partial charge in [-0.1, -0.05) is 18.2 Å². The van der Waals surface area contributed by atoms with Crippen molar-refractivity contribution in [1.29, 1.82) is 0 Å². The van der Waals surface area contributed by atoms with E-state index in [0.717, 1.165) is 19.5 Å². The molecule has 0 aliphatic heterocycles. The van der Waals surface area contributed by atoms with Crippen molar-refractivity contribution < 1.29 is 9.52 Å². The van der Waals surface area contributed by atoms with E-state index in [1.807, 2.05) is 6.92 Å². The van der Waals surface area contributed by atoms with Gasteiger partial charge in [-0.15, -0.1) is 24.0 Å². The summed E-state index contributed by atoms with van der Waals surface area (Å²) in [6.45, 7) is 5.89. The molecular formula is C20H27IN4O2. The first kappa shape index (κ1) is 21.3. The number of aliphatic hydroxyl groups excluding tert-OH is 1. The predicted molar refractivity (Wildman–Crippen MR) is 120 cm³/mol. The van der Waals surface area contributed by atoms with Crippen LogP contribution in [0.5, 0.6) is 0 Å². The molecule has 0 amide bonds. The Labute approximate surface area is 176 Å². The maximum absolute atomic E-state index is 10.1. The van der Waals surface area contributed by atoms with Crippen molar-refractivity contribution in [2.45, 2.75) is 26.4 Å². The van der Waals surface area contributed by atoms with Gasteiger partial charge in [-0.25, -0.2) is 0 Å². The molecule has 27 heavy (non-hydrogen) atoms. The zero-order valence-corrected chi connectivity index (χ0v) is 18.0. The first-order chi connectivity index (χ1) is 12.7. The van der Waals surface area contributed by atoms with Gasteiger partial charge in [-0.3, -0.25) is 4.99 Å². The van der Waals surface area contributed by atoms with E-state index >= 15 is 0 Å². The number of guanidine groups is 1. The van der Waals surface area contributed by atoms with Crippen molar-refractivity contribution in [1.82, 2.24) is 15.6 Å². The average molecular weight is 482 g/mol. The Kier molecular flexibility index (Phi) is 8.18. The van der Waals surface area contributed by atoms with Crippen LogP contribution in [0.1, 0.15) is 29.9 Å². The first-order valence-corrected chi connectivity index (χ1v) is 8.98. The number of nitrogens with zero attached hydrogens (tertiary/aromatic N) is 1. The number of para-hydroxylation sites is 1. The van der Waals surface area contributed by atoms with Crippen LogP contribution in [0.2, 0.25) is 0 Å². The minimum Gasteiger partial charge on any atom is -0.467 e. The lowest BCUT2D eigenvalue weighted by Gasteiger charge is -2.12. The molecule has 2 aromatic heterocycles. The lowest BCUT2D eigenvalue weighted by atomic mass is 10.1. The Bertz CT molecular complexity index is 858. The molecule has 6 nitrogen and oxygen atoms in total. The summed E-state index contributed by atoms with van der Waals surface area (Å²) in [5.74, 6) is 1.22. The number of aliphatic hydroxyl groups is 1. The SMILES string of the molecule is CCNC(=NCC(O)c1ccco1)NCCc1c[nH]c2c(C)cccc12.I. The fourth-order valence-electron chi connectivity index (χ4n) is 2.98. The number of H-pyrrole nitrogens is 1. The minimum atomic E-state index is -0.739. The van der Waals surface area contributed by atoms with Gasteiger partial charge in [-0.05, 0) is 43.5 Å². The number of furan rings is 1. The highest BCUT2D eigenvalue weighted by atomic mass is 127. The number of halogens is 1. The van der Waals surface area contributed by atoms with Gasteiger partial charge in [0.1, 0.15) is 11.9 Å². The van der Waals surface area contributed by atoms with Crippen LogP contribution in [0.25, 0.3) is 10.9 Å². The number of hydrogen-bond donors (Lipinski definition) is 4. The fourth-order valence-corrected chi connectivity index (χ4v) is 2.98. The molecule has 2 heterocycles. The van der Waals surface area contributed by atoms with E-state index in [9.17, 15) is 5.11 Å². The average Bonchev–Trinajstić information content (AvgIpc) is 3.30. The third kappa shape index (κ3) is 5.49. The Hall–Kier alpha value is -2.00. The quantitative estimate of drug-likeness (QED) is 0.236. The predicted octanol–water partition coefficient (Wildman–Crippen LogP) is 3.52. The molecule has 0 radical (unpaired) electrons. The van der Waals surface area contributed by atoms with Crippen molar-refractivity contribution in [3.63, 3.8) is 0 Å². The summed E-state index contributed by atoms with van der Waals surface area (Å²) in [6, 6.07) is 9.85. The van der Waals surface area contributed by atoms with Gasteiger partial charge in [-0.2, -0.15) is 0 Å². The second kappa shape index (κ2) is 10.4. The molecule has 1 atom stereocenters. The fraction of sp³-hybridized carbons (Fsp3) is 0.350. The molecule has 0 fully saturated rings. The Morgan fingerprint density at radius 2 is 2.11 bits per heavy atom. The van der Waals surface area contributed by atoms with Gasteiger partial charge >= 0.3 is 0 Å². The molecule has 0 aliphatic carbocycles. The molecule has 3 rings (SSSR count). The van der Waals surface area contributed by atoms with Crippen LogP contribution in [0, 0.1) is 6.92 Å². The molecule has 146 valence electrons. The summed E-state index contributed by atoms with van der Waals surface area (Å²) in [5.41, 5.74) is 3.73. The summed E-state index contributed by atoms with van der Waals surface area (Å²) >= 11 is 0. The molecular weight excluding hydrogens is 455 g/mol. The third-order valence-corrected chi connectivity index (χ3v) is 4.33. The van der Waals surface area contributed by atoms with Crippen molar-refractivity contribution in [3.8, 4) is 0 Å². The van der Waals surface area contributed by atoms with E-state index in [1.165, 1.54) is 22.0 Å². The van der Waals surface area contributed by atoms with E-state index in [4.69, 9.17) is 4.42 Å². The van der Waals surface area contributed by atoms with Gasteiger partial charge in [0.15, 0.2) is 5.96 Å². The van der Waals surface area contributed by atoms with Gasteiger partial charge in [0.25, 0.3) is 0 Å². The molecule has 0 saturated heterocycles. The zero-order valence-electron chi connectivity index (χ0n) is 15.7. The highest BCUT2D eigenvalue weighted by Crippen LogP contribution is 2.21. The number of fused-ring (bicyclic) bond motifs is 1. The van der Waals surface area contributed by atoms with Gasteiger partial charge in [0.2, 0.25) is 0 Å². The highest BCUT2D eigenvalue weighted by Gasteiger charge is 2.10. The van der Waals surface area contributed by atoms with E-state index in [2.05, 4.69) is 51.9 Å². The van der Waals surface area contributed by atoms with Crippen LogP contribution >= 0.6 is 24.0 Å². The lowest BCUT2D eigenvalue weighted by molar-refractivity contribution is 0.158.